The van der Waals surface area contributed by atoms with Crippen LogP contribution < -0.4 is 0 Å². The van der Waals surface area contributed by atoms with Crippen LogP contribution in [0.4, 0.5) is 0 Å². The minimum absolute atomic E-state index is 0.136. The number of esters is 1. The number of rotatable bonds is 4. The molecule has 1 amide bonds. The lowest BCUT2D eigenvalue weighted by Crippen LogP contribution is -2.50. The number of tetrazole rings is 1. The van der Waals surface area contributed by atoms with Crippen molar-refractivity contribution >= 4 is 23.5 Å². The zero-order valence-electron chi connectivity index (χ0n) is 15.7. The number of amides is 1. The summed E-state index contributed by atoms with van der Waals surface area (Å²) >= 11 is 6.00. The van der Waals surface area contributed by atoms with E-state index in [2.05, 4.69) is 15.4 Å². The van der Waals surface area contributed by atoms with Crippen molar-refractivity contribution in [3.05, 3.63) is 64.7 Å². The molecule has 1 atom stereocenters. The van der Waals surface area contributed by atoms with Crippen molar-refractivity contribution in [1.82, 2.24) is 25.1 Å². The number of hydrogen-bond acceptors (Lipinski definition) is 6. The van der Waals surface area contributed by atoms with Gasteiger partial charge in [-0.25, -0.2) is 4.79 Å². The number of fused-ring (bicyclic) bond motifs is 1. The maximum absolute atomic E-state index is 13.0. The van der Waals surface area contributed by atoms with E-state index in [-0.39, 0.29) is 12.5 Å². The van der Waals surface area contributed by atoms with Crippen molar-refractivity contribution < 1.29 is 14.3 Å². The van der Waals surface area contributed by atoms with E-state index in [9.17, 15) is 9.59 Å². The highest BCUT2D eigenvalue weighted by molar-refractivity contribution is 6.30. The minimum Gasteiger partial charge on any atom is -0.467 e. The molecule has 9 heteroatoms. The van der Waals surface area contributed by atoms with E-state index in [4.69, 9.17) is 16.3 Å². The number of carbonyl (C=O) groups excluding carboxylic acids is 2. The van der Waals surface area contributed by atoms with Crippen molar-refractivity contribution in [2.24, 2.45) is 0 Å². The number of methoxy groups -OCH3 is 1. The molecule has 4 rings (SSSR count). The van der Waals surface area contributed by atoms with Gasteiger partial charge in [0, 0.05) is 23.6 Å². The molecule has 1 aromatic heterocycles. The van der Waals surface area contributed by atoms with Crippen LogP contribution in [0.3, 0.4) is 0 Å². The van der Waals surface area contributed by atoms with E-state index in [1.54, 1.807) is 18.2 Å². The van der Waals surface area contributed by atoms with Crippen LogP contribution >= 0.6 is 11.6 Å². The van der Waals surface area contributed by atoms with Gasteiger partial charge in [0.05, 0.1) is 7.11 Å². The summed E-state index contributed by atoms with van der Waals surface area (Å²) < 4.78 is 4.91. The number of carbonyl (C=O) groups is 2. The molecular weight excluding hydrogens is 394 g/mol. The van der Waals surface area contributed by atoms with Gasteiger partial charge in [0.2, 0.25) is 11.7 Å². The van der Waals surface area contributed by atoms with Crippen LogP contribution in [0.5, 0.6) is 0 Å². The molecule has 148 valence electrons. The molecule has 0 spiro atoms. The van der Waals surface area contributed by atoms with E-state index in [1.165, 1.54) is 16.8 Å². The Bertz CT molecular complexity index is 1070. The monoisotopic (exact) mass is 411 g/mol. The summed E-state index contributed by atoms with van der Waals surface area (Å²) in [7, 11) is 1.32. The number of halogens is 1. The molecule has 8 nitrogen and oxygen atoms in total. The molecule has 2 heterocycles. The molecule has 29 heavy (non-hydrogen) atoms. The third kappa shape index (κ3) is 3.97. The van der Waals surface area contributed by atoms with Crippen molar-refractivity contribution in [1.29, 1.82) is 0 Å². The fraction of sp³-hybridized carbons (Fsp3) is 0.250. The van der Waals surface area contributed by atoms with Crippen molar-refractivity contribution in [3.63, 3.8) is 0 Å². The van der Waals surface area contributed by atoms with Gasteiger partial charge in [0.1, 0.15) is 12.6 Å². The average Bonchev–Trinajstić information content (AvgIpc) is 3.20. The molecule has 3 aromatic rings. The lowest BCUT2D eigenvalue weighted by molar-refractivity contribution is -0.154. The highest BCUT2D eigenvalue weighted by atomic mass is 35.5. The quantitative estimate of drug-likeness (QED) is 0.611. The Labute approximate surface area is 172 Å². The molecule has 1 aliphatic heterocycles. The third-order valence-electron chi connectivity index (χ3n) is 4.85. The minimum atomic E-state index is -0.682. The number of ether oxygens (including phenoxy) is 1. The lowest BCUT2D eigenvalue weighted by Gasteiger charge is -2.35. The second-order valence-electron chi connectivity index (χ2n) is 6.69. The zero-order valence-corrected chi connectivity index (χ0v) is 16.4. The van der Waals surface area contributed by atoms with Gasteiger partial charge >= 0.3 is 5.97 Å². The number of hydrogen-bond donors (Lipinski definition) is 0. The average molecular weight is 412 g/mol. The molecule has 0 saturated carbocycles. The molecule has 2 aromatic carbocycles. The zero-order chi connectivity index (χ0) is 20.4. The first-order chi connectivity index (χ1) is 14.0. The fourth-order valence-electron chi connectivity index (χ4n) is 3.40. The fourth-order valence-corrected chi connectivity index (χ4v) is 3.59. The summed E-state index contributed by atoms with van der Waals surface area (Å²) in [5, 5.41) is 12.8. The van der Waals surface area contributed by atoms with Gasteiger partial charge < -0.3 is 9.64 Å². The number of aromatic nitrogens is 4. The van der Waals surface area contributed by atoms with Gasteiger partial charge in [-0.1, -0.05) is 48.0 Å². The third-order valence-corrected chi connectivity index (χ3v) is 5.09. The Hall–Kier alpha value is -3.26. The molecule has 1 aliphatic rings. The van der Waals surface area contributed by atoms with Crippen LogP contribution in [0.25, 0.3) is 11.4 Å². The second kappa shape index (κ2) is 8.00. The Morgan fingerprint density at radius 3 is 2.72 bits per heavy atom. The molecule has 0 aliphatic carbocycles. The Balaban J connectivity index is 1.55. The maximum Gasteiger partial charge on any atom is 0.328 e. The van der Waals surface area contributed by atoms with E-state index in [0.29, 0.717) is 29.4 Å². The molecule has 0 unspecified atom stereocenters. The summed E-state index contributed by atoms with van der Waals surface area (Å²) in [5.74, 6) is -0.363. The van der Waals surface area contributed by atoms with E-state index in [1.807, 2.05) is 30.3 Å². The van der Waals surface area contributed by atoms with Crippen molar-refractivity contribution in [2.45, 2.75) is 25.6 Å². The predicted molar refractivity (Wildman–Crippen MR) is 105 cm³/mol. The first kappa shape index (κ1) is 19.1. The predicted octanol–water partition coefficient (Wildman–Crippen LogP) is 2.12. The summed E-state index contributed by atoms with van der Waals surface area (Å²) in [6.45, 7) is 0.188. The van der Waals surface area contributed by atoms with Gasteiger partial charge in [-0.15, -0.1) is 10.2 Å². The van der Waals surface area contributed by atoms with Crippen LogP contribution in [0.15, 0.2) is 48.5 Å². The molecule has 0 bridgehead atoms. The standard InChI is InChI=1S/C20H18ClN5O3/c1-29-20(28)17-10-13-5-2-3-6-15(13)11-25(17)18(27)12-26-23-19(22-24-26)14-7-4-8-16(21)9-14/h2-9,17H,10-12H2,1H3/t17-/m1/s1. The van der Waals surface area contributed by atoms with Gasteiger partial charge in [-0.2, -0.15) is 4.80 Å². The van der Waals surface area contributed by atoms with Crippen LogP contribution in [0.2, 0.25) is 5.02 Å². The summed E-state index contributed by atoms with van der Waals surface area (Å²) in [6, 6.07) is 14.1. The summed E-state index contributed by atoms with van der Waals surface area (Å²) in [5.41, 5.74) is 2.75. The normalized spacial score (nSPS) is 15.7. The van der Waals surface area contributed by atoms with E-state index in [0.717, 1.165) is 11.1 Å². The number of benzene rings is 2. The molecular formula is C20H18ClN5O3. The van der Waals surface area contributed by atoms with Gasteiger partial charge in [0.25, 0.3) is 0 Å². The molecule has 0 N–H and O–H groups in total. The highest BCUT2D eigenvalue weighted by Crippen LogP contribution is 2.24. The van der Waals surface area contributed by atoms with Gasteiger partial charge in [-0.3, -0.25) is 4.79 Å². The van der Waals surface area contributed by atoms with Crippen LogP contribution in [0, 0.1) is 0 Å². The first-order valence-corrected chi connectivity index (χ1v) is 9.41. The van der Waals surface area contributed by atoms with Crippen molar-refractivity contribution in [3.8, 4) is 11.4 Å². The topological polar surface area (TPSA) is 90.2 Å². The Morgan fingerprint density at radius 2 is 1.97 bits per heavy atom. The Kier molecular flexibility index (Phi) is 5.26. The maximum atomic E-state index is 13.0. The number of nitrogens with zero attached hydrogens (tertiary/aromatic N) is 5. The molecule has 0 radical (unpaired) electrons. The first-order valence-electron chi connectivity index (χ1n) is 9.03. The lowest BCUT2D eigenvalue weighted by atomic mass is 9.94. The summed E-state index contributed by atoms with van der Waals surface area (Å²) in [6.07, 6.45) is 0.410. The molecule has 0 saturated heterocycles. The Morgan fingerprint density at radius 1 is 1.17 bits per heavy atom. The SMILES string of the molecule is COC(=O)[C@H]1Cc2ccccc2CN1C(=O)Cn1nnc(-c2cccc(Cl)c2)n1. The summed E-state index contributed by atoms with van der Waals surface area (Å²) in [4.78, 5) is 28.0. The largest absolute Gasteiger partial charge is 0.467 e. The van der Waals surface area contributed by atoms with Gasteiger partial charge in [0.15, 0.2) is 0 Å². The van der Waals surface area contributed by atoms with Crippen molar-refractivity contribution in [2.75, 3.05) is 7.11 Å². The van der Waals surface area contributed by atoms with Crippen LogP contribution in [0.1, 0.15) is 11.1 Å². The second-order valence-corrected chi connectivity index (χ2v) is 7.12. The molecule has 0 fully saturated rings. The smallest absolute Gasteiger partial charge is 0.328 e. The van der Waals surface area contributed by atoms with Crippen LogP contribution in [-0.2, 0) is 33.8 Å². The van der Waals surface area contributed by atoms with E-state index < -0.39 is 12.0 Å². The van der Waals surface area contributed by atoms with E-state index >= 15 is 0 Å². The van der Waals surface area contributed by atoms with Gasteiger partial charge in [-0.05, 0) is 28.5 Å². The highest BCUT2D eigenvalue weighted by Gasteiger charge is 2.35. The van der Waals surface area contributed by atoms with Crippen LogP contribution in [-0.4, -0.2) is 50.1 Å².